The number of piperidine rings is 1. The molecule has 2 amide bonds. The highest BCUT2D eigenvalue weighted by Crippen LogP contribution is 2.33. The number of amides is 2. The first-order chi connectivity index (χ1) is 16.5. The standard InChI is InChI=1S/C27H31N5O2/c28-26(33)18-4-6-24-21(13-18)20(15-30-24)3-1-2-10-32-11-8-17(9-12-32)23-16-31-25-7-5-19(27(29)34)14-22(23)25/h4-7,13-17,30-31H,1-3,8-12H2,(H2,28,33)(H2,29,34). The summed E-state index contributed by atoms with van der Waals surface area (Å²) in [6.45, 7) is 3.27. The fourth-order valence-electron chi connectivity index (χ4n) is 5.29. The number of aromatic amines is 2. The Morgan fingerprint density at radius 2 is 1.47 bits per heavy atom. The van der Waals surface area contributed by atoms with Crippen LogP contribution in [0.2, 0.25) is 0 Å². The lowest BCUT2D eigenvalue weighted by Crippen LogP contribution is -2.33. The number of nitrogens with two attached hydrogens (primary N) is 2. The van der Waals surface area contributed by atoms with Gasteiger partial charge < -0.3 is 26.3 Å². The molecule has 0 radical (unpaired) electrons. The SMILES string of the molecule is NC(=O)c1ccc2[nH]cc(CCCCN3CCC(c4c[nH]c5ccc(C(N)=O)cc45)CC3)c2c1. The number of H-pyrrole nitrogens is 2. The maximum Gasteiger partial charge on any atom is 0.248 e. The highest BCUT2D eigenvalue weighted by atomic mass is 16.1. The molecular weight excluding hydrogens is 426 g/mol. The zero-order valence-electron chi connectivity index (χ0n) is 19.3. The van der Waals surface area contributed by atoms with Gasteiger partial charge in [-0.25, -0.2) is 0 Å². The lowest BCUT2D eigenvalue weighted by Gasteiger charge is -2.32. The monoisotopic (exact) mass is 457 g/mol. The van der Waals surface area contributed by atoms with Crippen molar-refractivity contribution in [3.63, 3.8) is 0 Å². The Labute approximate surface area is 198 Å². The Bertz CT molecular complexity index is 1340. The summed E-state index contributed by atoms with van der Waals surface area (Å²) in [5.41, 5.74) is 16.7. The van der Waals surface area contributed by atoms with Crippen LogP contribution in [0.5, 0.6) is 0 Å². The molecule has 3 heterocycles. The third kappa shape index (κ3) is 4.43. The van der Waals surface area contributed by atoms with Gasteiger partial charge in [0, 0.05) is 45.3 Å². The van der Waals surface area contributed by atoms with Gasteiger partial charge in [0.15, 0.2) is 0 Å². The molecule has 2 aromatic carbocycles. The highest BCUT2D eigenvalue weighted by Gasteiger charge is 2.23. The van der Waals surface area contributed by atoms with Crippen molar-refractivity contribution < 1.29 is 9.59 Å². The summed E-state index contributed by atoms with van der Waals surface area (Å²) in [5.74, 6) is -0.276. The van der Waals surface area contributed by atoms with Crippen LogP contribution in [0.4, 0.5) is 0 Å². The van der Waals surface area contributed by atoms with Crippen LogP contribution < -0.4 is 11.5 Å². The van der Waals surface area contributed by atoms with E-state index < -0.39 is 5.91 Å². The van der Waals surface area contributed by atoms with E-state index in [1.165, 1.54) is 11.1 Å². The fraction of sp³-hybridized carbons (Fsp3) is 0.333. The first-order valence-electron chi connectivity index (χ1n) is 12.0. The zero-order valence-corrected chi connectivity index (χ0v) is 19.3. The number of benzene rings is 2. The molecule has 0 unspecified atom stereocenters. The molecule has 1 aliphatic heterocycles. The number of unbranched alkanes of at least 4 members (excludes halogenated alkanes) is 1. The predicted molar refractivity (Wildman–Crippen MR) is 135 cm³/mol. The third-order valence-electron chi connectivity index (χ3n) is 7.25. The molecule has 7 nitrogen and oxygen atoms in total. The van der Waals surface area contributed by atoms with Crippen molar-refractivity contribution in [3.8, 4) is 0 Å². The van der Waals surface area contributed by atoms with Crippen molar-refractivity contribution in [3.05, 3.63) is 71.0 Å². The Morgan fingerprint density at radius 3 is 2.15 bits per heavy atom. The molecule has 1 aliphatic rings. The molecule has 4 aromatic rings. The quantitative estimate of drug-likeness (QED) is 0.299. The number of nitrogens with zero attached hydrogens (tertiary/aromatic N) is 1. The number of hydrogen-bond donors (Lipinski definition) is 4. The molecule has 176 valence electrons. The fourth-order valence-corrected chi connectivity index (χ4v) is 5.29. The maximum atomic E-state index is 11.6. The van der Waals surface area contributed by atoms with Crippen LogP contribution in [0.1, 0.15) is 63.4 Å². The van der Waals surface area contributed by atoms with Crippen molar-refractivity contribution in [2.75, 3.05) is 19.6 Å². The Hall–Kier alpha value is -3.58. The molecule has 1 fully saturated rings. The summed E-state index contributed by atoms with van der Waals surface area (Å²) < 4.78 is 0. The number of nitrogens with one attached hydrogen (secondary N) is 2. The second-order valence-electron chi connectivity index (χ2n) is 9.38. The molecule has 7 heteroatoms. The van der Waals surface area contributed by atoms with E-state index in [4.69, 9.17) is 11.5 Å². The zero-order chi connectivity index (χ0) is 23.7. The molecule has 5 rings (SSSR count). The number of primary amides is 2. The average molecular weight is 458 g/mol. The summed E-state index contributed by atoms with van der Waals surface area (Å²) in [4.78, 5) is 32.3. The van der Waals surface area contributed by atoms with E-state index in [0.717, 1.165) is 73.5 Å². The van der Waals surface area contributed by atoms with Crippen LogP contribution >= 0.6 is 0 Å². The van der Waals surface area contributed by atoms with Crippen molar-refractivity contribution in [2.45, 2.75) is 38.0 Å². The molecule has 2 aromatic heterocycles. The van der Waals surface area contributed by atoms with Crippen molar-refractivity contribution >= 4 is 33.6 Å². The molecular formula is C27H31N5O2. The van der Waals surface area contributed by atoms with E-state index in [0.29, 0.717) is 17.0 Å². The van der Waals surface area contributed by atoms with Gasteiger partial charge in [-0.3, -0.25) is 9.59 Å². The number of aryl methyl sites for hydroxylation is 1. The van der Waals surface area contributed by atoms with Gasteiger partial charge in [0.1, 0.15) is 0 Å². The minimum absolute atomic E-state index is 0.384. The number of fused-ring (bicyclic) bond motifs is 2. The van der Waals surface area contributed by atoms with Crippen LogP contribution in [0.15, 0.2) is 48.8 Å². The average Bonchev–Trinajstić information content (AvgIpc) is 3.45. The van der Waals surface area contributed by atoms with E-state index in [1.54, 1.807) is 12.1 Å². The molecule has 0 atom stereocenters. The first kappa shape index (κ1) is 22.2. The first-order valence-corrected chi connectivity index (χ1v) is 12.0. The second-order valence-corrected chi connectivity index (χ2v) is 9.38. The van der Waals surface area contributed by atoms with Crippen molar-refractivity contribution in [2.24, 2.45) is 11.5 Å². The molecule has 0 saturated carbocycles. The van der Waals surface area contributed by atoms with Gasteiger partial charge in [0.05, 0.1) is 0 Å². The van der Waals surface area contributed by atoms with E-state index in [9.17, 15) is 9.59 Å². The van der Waals surface area contributed by atoms with Gasteiger partial charge in [-0.05, 0) is 105 Å². The largest absolute Gasteiger partial charge is 0.366 e. The number of carbonyl (C=O) groups excluding carboxylic acids is 2. The van der Waals surface area contributed by atoms with Gasteiger partial charge in [0.2, 0.25) is 11.8 Å². The van der Waals surface area contributed by atoms with Gasteiger partial charge >= 0.3 is 0 Å². The van der Waals surface area contributed by atoms with Crippen molar-refractivity contribution in [1.82, 2.24) is 14.9 Å². The summed E-state index contributed by atoms with van der Waals surface area (Å²) in [7, 11) is 0. The number of rotatable bonds is 8. The molecule has 0 spiro atoms. The summed E-state index contributed by atoms with van der Waals surface area (Å²) in [5, 5.41) is 2.21. The predicted octanol–water partition coefficient (Wildman–Crippen LogP) is 4.05. The molecule has 0 aliphatic carbocycles. The number of likely N-dealkylation sites (tertiary alicyclic amines) is 1. The van der Waals surface area contributed by atoms with E-state index >= 15 is 0 Å². The second kappa shape index (κ2) is 9.35. The molecule has 6 N–H and O–H groups in total. The normalized spacial score (nSPS) is 15.3. The van der Waals surface area contributed by atoms with E-state index in [-0.39, 0.29) is 5.91 Å². The molecule has 1 saturated heterocycles. The Morgan fingerprint density at radius 1 is 0.853 bits per heavy atom. The third-order valence-corrected chi connectivity index (χ3v) is 7.25. The molecule has 34 heavy (non-hydrogen) atoms. The van der Waals surface area contributed by atoms with Crippen LogP contribution in [0, 0.1) is 0 Å². The molecule has 0 bridgehead atoms. The maximum absolute atomic E-state index is 11.6. The van der Waals surface area contributed by atoms with Crippen LogP contribution in [0.25, 0.3) is 21.8 Å². The van der Waals surface area contributed by atoms with Gasteiger partial charge in [-0.1, -0.05) is 0 Å². The van der Waals surface area contributed by atoms with Crippen molar-refractivity contribution in [1.29, 1.82) is 0 Å². The van der Waals surface area contributed by atoms with E-state index in [1.807, 2.05) is 30.5 Å². The van der Waals surface area contributed by atoms with Gasteiger partial charge in [-0.2, -0.15) is 0 Å². The smallest absolute Gasteiger partial charge is 0.248 e. The lowest BCUT2D eigenvalue weighted by atomic mass is 9.88. The summed E-state index contributed by atoms with van der Waals surface area (Å²) in [6, 6.07) is 11.2. The van der Waals surface area contributed by atoms with Gasteiger partial charge in [0.25, 0.3) is 0 Å². The van der Waals surface area contributed by atoms with Crippen LogP contribution in [0.3, 0.4) is 0 Å². The Balaban J connectivity index is 1.13. The highest BCUT2D eigenvalue weighted by molar-refractivity contribution is 5.98. The Kier molecular flexibility index (Phi) is 6.11. The number of carbonyl (C=O) groups is 2. The van der Waals surface area contributed by atoms with Crippen LogP contribution in [-0.4, -0.2) is 46.3 Å². The van der Waals surface area contributed by atoms with Gasteiger partial charge in [-0.15, -0.1) is 0 Å². The lowest BCUT2D eigenvalue weighted by molar-refractivity contribution is 0.0992. The van der Waals surface area contributed by atoms with Crippen LogP contribution in [-0.2, 0) is 6.42 Å². The van der Waals surface area contributed by atoms with E-state index in [2.05, 4.69) is 21.1 Å². The number of aromatic nitrogens is 2. The topological polar surface area (TPSA) is 121 Å². The number of hydrogen-bond acceptors (Lipinski definition) is 3. The minimum Gasteiger partial charge on any atom is -0.366 e. The summed E-state index contributed by atoms with van der Waals surface area (Å²) in [6.07, 6.45) is 9.61. The summed E-state index contributed by atoms with van der Waals surface area (Å²) >= 11 is 0. The minimum atomic E-state index is -0.390.